The second kappa shape index (κ2) is 10.2. The largest absolute Gasteiger partial charge is 0.461 e. The van der Waals surface area contributed by atoms with Gasteiger partial charge in [-0.15, -0.1) is 0 Å². The van der Waals surface area contributed by atoms with Crippen molar-refractivity contribution in [3.05, 3.63) is 70.2 Å². The maximum atomic E-state index is 12.3. The van der Waals surface area contributed by atoms with Gasteiger partial charge in [0.1, 0.15) is 18.8 Å². The van der Waals surface area contributed by atoms with Crippen LogP contribution in [0.1, 0.15) is 45.4 Å². The van der Waals surface area contributed by atoms with Gasteiger partial charge in [0.15, 0.2) is 10.8 Å². The summed E-state index contributed by atoms with van der Waals surface area (Å²) in [5.41, 5.74) is 9.91. The van der Waals surface area contributed by atoms with Gasteiger partial charge in [0, 0.05) is 12.5 Å². The Morgan fingerprint density at radius 2 is 1.71 bits per heavy atom. The Bertz CT molecular complexity index is 1150. The van der Waals surface area contributed by atoms with E-state index in [0.29, 0.717) is 0 Å². The number of fused-ring (bicyclic) bond motifs is 3. The number of hydrogen-bond donors (Lipinski definition) is 4. The number of thiazole rings is 1. The summed E-state index contributed by atoms with van der Waals surface area (Å²) < 4.78 is 10.3. The molecule has 4 rings (SSSR count). The summed E-state index contributed by atoms with van der Waals surface area (Å²) in [6.07, 6.45) is -3.65. The SMILES string of the molecule is CCOC(=O)c1nc(N)sc1C(O)C(O)CNC(=O)OCC1c2ccccc2-c2ccccc21. The summed E-state index contributed by atoms with van der Waals surface area (Å²) in [5.74, 6) is -0.845. The van der Waals surface area contributed by atoms with Crippen molar-refractivity contribution in [1.82, 2.24) is 10.3 Å². The second-order valence-corrected chi connectivity index (χ2v) is 8.77. The first kappa shape index (κ1) is 23.7. The molecule has 2 unspecified atom stereocenters. The molecule has 0 saturated heterocycles. The fourth-order valence-corrected chi connectivity index (χ4v) is 4.88. The fourth-order valence-electron chi connectivity index (χ4n) is 4.02. The third kappa shape index (κ3) is 4.74. The average Bonchev–Trinajstić information content (AvgIpc) is 3.39. The molecule has 0 spiro atoms. The molecule has 178 valence electrons. The monoisotopic (exact) mass is 483 g/mol. The Morgan fingerprint density at radius 1 is 1.09 bits per heavy atom. The van der Waals surface area contributed by atoms with E-state index in [9.17, 15) is 19.8 Å². The molecule has 1 aliphatic rings. The number of aromatic nitrogens is 1. The minimum Gasteiger partial charge on any atom is -0.461 e. The first-order valence-electron chi connectivity index (χ1n) is 10.8. The molecule has 0 saturated carbocycles. The topological polar surface area (TPSA) is 144 Å². The number of hydrogen-bond acceptors (Lipinski definition) is 9. The van der Waals surface area contributed by atoms with Gasteiger partial charge >= 0.3 is 12.1 Å². The highest BCUT2D eigenvalue weighted by atomic mass is 32.1. The lowest BCUT2D eigenvalue weighted by molar-refractivity contribution is 0.0188. The Kier molecular flexibility index (Phi) is 7.11. The van der Waals surface area contributed by atoms with E-state index in [2.05, 4.69) is 10.3 Å². The Balaban J connectivity index is 1.35. The molecule has 0 fully saturated rings. The van der Waals surface area contributed by atoms with Crippen LogP contribution in [0.4, 0.5) is 9.93 Å². The summed E-state index contributed by atoms with van der Waals surface area (Å²) in [4.78, 5) is 28.3. The molecule has 2 aromatic carbocycles. The molecule has 5 N–H and O–H groups in total. The van der Waals surface area contributed by atoms with Gasteiger partial charge in [0.05, 0.1) is 11.5 Å². The third-order valence-electron chi connectivity index (χ3n) is 5.57. The van der Waals surface area contributed by atoms with E-state index in [0.717, 1.165) is 33.6 Å². The molecule has 10 heteroatoms. The van der Waals surface area contributed by atoms with Crippen molar-refractivity contribution >= 4 is 28.5 Å². The molecule has 3 aromatic rings. The number of rotatable bonds is 8. The number of carbonyl (C=O) groups is 2. The molecular formula is C24H25N3O6S. The van der Waals surface area contributed by atoms with Crippen LogP contribution >= 0.6 is 11.3 Å². The molecule has 0 bridgehead atoms. The van der Waals surface area contributed by atoms with E-state index < -0.39 is 24.3 Å². The zero-order valence-corrected chi connectivity index (χ0v) is 19.2. The Labute approximate surface area is 200 Å². The van der Waals surface area contributed by atoms with Crippen LogP contribution < -0.4 is 11.1 Å². The lowest BCUT2D eigenvalue weighted by Crippen LogP contribution is -2.36. The van der Waals surface area contributed by atoms with Gasteiger partial charge in [-0.3, -0.25) is 0 Å². The van der Waals surface area contributed by atoms with Crippen molar-refractivity contribution in [2.24, 2.45) is 0 Å². The van der Waals surface area contributed by atoms with Crippen molar-refractivity contribution in [3.63, 3.8) is 0 Å². The molecule has 0 radical (unpaired) electrons. The van der Waals surface area contributed by atoms with E-state index in [1.54, 1.807) is 6.92 Å². The minimum absolute atomic E-state index is 0.0498. The number of ether oxygens (including phenoxy) is 2. The number of aliphatic hydroxyl groups is 2. The number of carbonyl (C=O) groups excluding carboxylic acids is 2. The number of nitrogen functional groups attached to an aromatic ring is 1. The third-order valence-corrected chi connectivity index (χ3v) is 6.53. The average molecular weight is 484 g/mol. The van der Waals surface area contributed by atoms with Crippen LogP contribution in [0.2, 0.25) is 0 Å². The molecule has 34 heavy (non-hydrogen) atoms. The van der Waals surface area contributed by atoms with Crippen LogP contribution in [0.25, 0.3) is 11.1 Å². The quantitative estimate of drug-likeness (QED) is 0.358. The number of alkyl carbamates (subject to hydrolysis) is 1. The molecular weight excluding hydrogens is 458 g/mol. The van der Waals surface area contributed by atoms with Crippen LogP contribution in [0.15, 0.2) is 48.5 Å². The van der Waals surface area contributed by atoms with E-state index >= 15 is 0 Å². The summed E-state index contributed by atoms with van der Waals surface area (Å²) in [6.45, 7) is 1.57. The number of esters is 1. The number of anilines is 1. The summed E-state index contributed by atoms with van der Waals surface area (Å²) >= 11 is 0.865. The molecule has 1 aliphatic carbocycles. The van der Waals surface area contributed by atoms with Crippen LogP contribution in [-0.4, -0.2) is 53.1 Å². The predicted molar refractivity (Wildman–Crippen MR) is 127 cm³/mol. The van der Waals surface area contributed by atoms with Crippen LogP contribution in [-0.2, 0) is 9.47 Å². The van der Waals surface area contributed by atoms with Crippen molar-refractivity contribution in [2.45, 2.75) is 25.0 Å². The maximum absolute atomic E-state index is 12.3. The summed E-state index contributed by atoms with van der Waals surface area (Å²) in [6, 6.07) is 16.0. The Hall–Kier alpha value is -3.47. The zero-order valence-electron chi connectivity index (χ0n) is 18.4. The van der Waals surface area contributed by atoms with Crippen LogP contribution in [0.3, 0.4) is 0 Å². The number of aliphatic hydroxyl groups excluding tert-OH is 2. The number of nitrogens with one attached hydrogen (secondary N) is 1. The Morgan fingerprint density at radius 3 is 2.32 bits per heavy atom. The van der Waals surface area contributed by atoms with Crippen LogP contribution in [0, 0.1) is 0 Å². The van der Waals surface area contributed by atoms with Gasteiger partial charge in [-0.1, -0.05) is 59.9 Å². The fraction of sp³-hybridized carbons (Fsp3) is 0.292. The lowest BCUT2D eigenvalue weighted by atomic mass is 9.98. The first-order valence-corrected chi connectivity index (χ1v) is 11.6. The molecule has 1 amide bonds. The number of amides is 1. The zero-order chi connectivity index (χ0) is 24.2. The predicted octanol–water partition coefficient (Wildman–Crippen LogP) is 2.84. The minimum atomic E-state index is -1.50. The van der Waals surface area contributed by atoms with Crippen molar-refractivity contribution in [1.29, 1.82) is 0 Å². The van der Waals surface area contributed by atoms with E-state index in [1.165, 1.54) is 0 Å². The highest BCUT2D eigenvalue weighted by Gasteiger charge is 2.31. The van der Waals surface area contributed by atoms with Crippen molar-refractivity contribution in [2.75, 3.05) is 25.5 Å². The van der Waals surface area contributed by atoms with Gasteiger partial charge in [-0.05, 0) is 29.2 Å². The van der Waals surface area contributed by atoms with E-state index in [-0.39, 0.29) is 41.4 Å². The molecule has 0 aliphatic heterocycles. The summed E-state index contributed by atoms with van der Waals surface area (Å²) in [7, 11) is 0. The van der Waals surface area contributed by atoms with Gasteiger partial charge in [0.2, 0.25) is 0 Å². The standard InChI is InChI=1S/C24H25N3O6S/c1-2-32-22(30)19-21(34-23(25)27-19)20(29)18(28)11-26-24(31)33-12-17-15-9-5-3-7-13(15)14-8-4-6-10-16(14)17/h3-10,17-18,20,28-29H,2,11-12H2,1H3,(H2,25,27)(H,26,31). The molecule has 9 nitrogen and oxygen atoms in total. The van der Waals surface area contributed by atoms with Crippen LogP contribution in [0.5, 0.6) is 0 Å². The highest BCUT2D eigenvalue weighted by Crippen LogP contribution is 2.44. The van der Waals surface area contributed by atoms with Crippen molar-refractivity contribution < 1.29 is 29.3 Å². The van der Waals surface area contributed by atoms with Gasteiger partial charge in [-0.2, -0.15) is 0 Å². The van der Waals surface area contributed by atoms with Gasteiger partial charge in [-0.25, -0.2) is 14.6 Å². The number of nitrogens with two attached hydrogens (primary N) is 1. The van der Waals surface area contributed by atoms with E-state index in [4.69, 9.17) is 15.2 Å². The highest BCUT2D eigenvalue weighted by molar-refractivity contribution is 7.15. The second-order valence-electron chi connectivity index (χ2n) is 7.70. The van der Waals surface area contributed by atoms with Crippen molar-refractivity contribution in [3.8, 4) is 11.1 Å². The molecule has 1 aromatic heterocycles. The molecule has 1 heterocycles. The number of benzene rings is 2. The number of nitrogens with zero attached hydrogens (tertiary/aromatic N) is 1. The maximum Gasteiger partial charge on any atom is 0.407 e. The van der Waals surface area contributed by atoms with E-state index in [1.807, 2.05) is 48.5 Å². The smallest absolute Gasteiger partial charge is 0.407 e. The van der Waals surface area contributed by atoms with Gasteiger partial charge < -0.3 is 30.7 Å². The first-order chi connectivity index (χ1) is 16.4. The normalized spacial score (nSPS) is 14.1. The lowest BCUT2D eigenvalue weighted by Gasteiger charge is -2.19. The summed E-state index contributed by atoms with van der Waals surface area (Å²) in [5, 5.41) is 23.4. The molecule has 2 atom stereocenters. The van der Waals surface area contributed by atoms with Gasteiger partial charge in [0.25, 0.3) is 0 Å².